The van der Waals surface area contributed by atoms with Gasteiger partial charge in [0.1, 0.15) is 11.0 Å². The standard InChI is InChI=1S/C32H40N2O2/c1-3-5-7-9-11-13-15-29-33-31-25-17-18-26-24(23(25)19-21-27(31)35-29)20-22-28-32(26)34-30(36-28)16-14-12-10-8-6-4-2/h17-22H,3-16H2,1-2H3. The predicted octanol–water partition coefficient (Wildman–Crippen LogP) is 10.1. The van der Waals surface area contributed by atoms with Gasteiger partial charge < -0.3 is 8.83 Å². The molecule has 2 aromatic heterocycles. The summed E-state index contributed by atoms with van der Waals surface area (Å²) in [6, 6.07) is 12.8. The van der Waals surface area contributed by atoms with Crippen LogP contribution in [0, 0.1) is 0 Å². The zero-order chi connectivity index (χ0) is 24.7. The van der Waals surface area contributed by atoms with E-state index in [4.69, 9.17) is 18.8 Å². The van der Waals surface area contributed by atoms with E-state index >= 15 is 0 Å². The van der Waals surface area contributed by atoms with Crippen LogP contribution in [0.15, 0.2) is 45.2 Å². The molecule has 2 heterocycles. The maximum absolute atomic E-state index is 6.12. The molecule has 0 atom stereocenters. The van der Waals surface area contributed by atoms with E-state index in [-0.39, 0.29) is 0 Å². The predicted molar refractivity (Wildman–Crippen MR) is 151 cm³/mol. The monoisotopic (exact) mass is 484 g/mol. The van der Waals surface area contributed by atoms with Crippen LogP contribution in [0.25, 0.3) is 43.7 Å². The van der Waals surface area contributed by atoms with Crippen LogP contribution in [0.4, 0.5) is 0 Å². The van der Waals surface area contributed by atoms with Crippen molar-refractivity contribution < 1.29 is 8.83 Å². The molecule has 0 aliphatic rings. The van der Waals surface area contributed by atoms with Gasteiger partial charge >= 0.3 is 0 Å². The van der Waals surface area contributed by atoms with Crippen LogP contribution in [-0.2, 0) is 12.8 Å². The Bertz CT molecular complexity index is 1320. The van der Waals surface area contributed by atoms with E-state index in [9.17, 15) is 0 Å². The largest absolute Gasteiger partial charge is 0.441 e. The molecule has 0 unspecified atom stereocenters. The molecule has 3 aromatic carbocycles. The fraction of sp³-hybridized carbons (Fsp3) is 0.500. The quantitative estimate of drug-likeness (QED) is 0.116. The molecule has 0 aliphatic heterocycles. The summed E-state index contributed by atoms with van der Waals surface area (Å²) in [4.78, 5) is 9.82. The van der Waals surface area contributed by atoms with Gasteiger partial charge in [-0.05, 0) is 47.9 Å². The molecule has 0 amide bonds. The van der Waals surface area contributed by atoms with E-state index in [1.165, 1.54) is 75.0 Å². The highest BCUT2D eigenvalue weighted by Gasteiger charge is 2.14. The third-order valence-corrected chi connectivity index (χ3v) is 7.48. The summed E-state index contributed by atoms with van der Waals surface area (Å²) in [5.41, 5.74) is 3.71. The van der Waals surface area contributed by atoms with Gasteiger partial charge in [-0.3, -0.25) is 0 Å². The summed E-state index contributed by atoms with van der Waals surface area (Å²) in [6.07, 6.45) is 17.1. The fourth-order valence-electron chi connectivity index (χ4n) is 5.42. The number of unbranched alkanes of at least 4 members (excludes halogenated alkanes) is 10. The first-order valence-corrected chi connectivity index (χ1v) is 14.3. The maximum atomic E-state index is 6.12. The van der Waals surface area contributed by atoms with Gasteiger partial charge in [0.15, 0.2) is 22.9 Å². The lowest BCUT2D eigenvalue weighted by atomic mass is 10.0. The van der Waals surface area contributed by atoms with E-state index < -0.39 is 0 Å². The molecular formula is C32H40N2O2. The van der Waals surface area contributed by atoms with E-state index in [2.05, 4.69) is 50.2 Å². The van der Waals surface area contributed by atoms with Crippen molar-refractivity contribution >= 4 is 43.7 Å². The van der Waals surface area contributed by atoms with Gasteiger partial charge in [-0.1, -0.05) is 90.2 Å². The molecule has 36 heavy (non-hydrogen) atoms. The average Bonchev–Trinajstić information content (AvgIpc) is 3.51. The smallest absolute Gasteiger partial charge is 0.195 e. The van der Waals surface area contributed by atoms with Crippen molar-refractivity contribution in [1.29, 1.82) is 0 Å². The number of hydrogen-bond acceptors (Lipinski definition) is 4. The Morgan fingerprint density at radius 3 is 1.31 bits per heavy atom. The maximum Gasteiger partial charge on any atom is 0.195 e. The zero-order valence-corrected chi connectivity index (χ0v) is 22.1. The Hall–Kier alpha value is -2.88. The zero-order valence-electron chi connectivity index (χ0n) is 22.1. The van der Waals surface area contributed by atoms with Crippen molar-refractivity contribution in [2.75, 3.05) is 0 Å². The number of aromatic nitrogens is 2. The molecule has 4 nitrogen and oxygen atoms in total. The molecule has 0 spiro atoms. The average molecular weight is 485 g/mol. The molecular weight excluding hydrogens is 444 g/mol. The minimum Gasteiger partial charge on any atom is -0.441 e. The molecule has 0 saturated heterocycles. The van der Waals surface area contributed by atoms with Gasteiger partial charge in [-0.15, -0.1) is 0 Å². The highest BCUT2D eigenvalue weighted by atomic mass is 16.4. The molecule has 0 radical (unpaired) electrons. The lowest BCUT2D eigenvalue weighted by molar-refractivity contribution is 0.505. The van der Waals surface area contributed by atoms with Crippen LogP contribution < -0.4 is 0 Å². The van der Waals surface area contributed by atoms with Crippen molar-refractivity contribution in [2.45, 2.75) is 104 Å². The molecule has 0 fully saturated rings. The molecule has 4 heteroatoms. The Morgan fingerprint density at radius 1 is 0.472 bits per heavy atom. The van der Waals surface area contributed by atoms with Crippen molar-refractivity contribution in [3.05, 3.63) is 48.2 Å². The Morgan fingerprint density at radius 2 is 0.861 bits per heavy atom. The van der Waals surface area contributed by atoms with Crippen molar-refractivity contribution in [3.63, 3.8) is 0 Å². The highest BCUT2D eigenvalue weighted by Crippen LogP contribution is 2.35. The topological polar surface area (TPSA) is 52.1 Å². The molecule has 0 aliphatic carbocycles. The molecule has 0 N–H and O–H groups in total. The van der Waals surface area contributed by atoms with E-state index in [0.29, 0.717) is 0 Å². The number of oxazole rings is 2. The summed E-state index contributed by atoms with van der Waals surface area (Å²) in [5.74, 6) is 1.72. The first kappa shape index (κ1) is 24.8. The Labute approximate surface area is 214 Å². The Balaban J connectivity index is 1.35. The second-order valence-electron chi connectivity index (χ2n) is 10.3. The summed E-state index contributed by atoms with van der Waals surface area (Å²) < 4.78 is 12.2. The second kappa shape index (κ2) is 11.9. The van der Waals surface area contributed by atoms with Crippen molar-refractivity contribution in [2.24, 2.45) is 0 Å². The lowest BCUT2D eigenvalue weighted by Crippen LogP contribution is -1.87. The number of rotatable bonds is 14. The number of aryl methyl sites for hydroxylation is 2. The first-order valence-electron chi connectivity index (χ1n) is 14.3. The van der Waals surface area contributed by atoms with Gasteiger partial charge in [0.25, 0.3) is 0 Å². The molecule has 0 bridgehead atoms. The van der Waals surface area contributed by atoms with Crippen molar-refractivity contribution in [1.82, 2.24) is 9.97 Å². The van der Waals surface area contributed by atoms with Gasteiger partial charge in [0.05, 0.1) is 0 Å². The number of hydrogen-bond donors (Lipinski definition) is 0. The van der Waals surface area contributed by atoms with Crippen LogP contribution in [0.5, 0.6) is 0 Å². The van der Waals surface area contributed by atoms with Crippen LogP contribution in [0.2, 0.25) is 0 Å². The van der Waals surface area contributed by atoms with E-state index in [1.54, 1.807) is 0 Å². The van der Waals surface area contributed by atoms with Crippen LogP contribution in [0.3, 0.4) is 0 Å². The van der Waals surface area contributed by atoms with Crippen LogP contribution in [0.1, 0.15) is 103 Å². The van der Waals surface area contributed by atoms with Crippen molar-refractivity contribution in [3.8, 4) is 0 Å². The normalized spacial score (nSPS) is 12.1. The highest BCUT2D eigenvalue weighted by molar-refractivity contribution is 6.19. The Kier molecular flexibility index (Phi) is 8.20. The number of fused-ring (bicyclic) bond motifs is 7. The third kappa shape index (κ3) is 5.43. The number of benzene rings is 3. The summed E-state index contributed by atoms with van der Waals surface area (Å²) in [6.45, 7) is 4.52. The van der Waals surface area contributed by atoms with Gasteiger partial charge in [0, 0.05) is 23.6 Å². The van der Waals surface area contributed by atoms with E-state index in [1.807, 2.05) is 0 Å². The molecule has 190 valence electrons. The second-order valence-corrected chi connectivity index (χ2v) is 10.3. The summed E-state index contributed by atoms with van der Waals surface area (Å²) in [5, 5.41) is 4.68. The third-order valence-electron chi connectivity index (χ3n) is 7.48. The first-order chi connectivity index (χ1) is 17.8. The van der Waals surface area contributed by atoms with Crippen LogP contribution >= 0.6 is 0 Å². The van der Waals surface area contributed by atoms with E-state index in [0.717, 1.165) is 70.4 Å². The van der Waals surface area contributed by atoms with Gasteiger partial charge in [-0.2, -0.15) is 0 Å². The number of nitrogens with zero attached hydrogens (tertiary/aromatic N) is 2. The van der Waals surface area contributed by atoms with Gasteiger partial charge in [-0.25, -0.2) is 9.97 Å². The summed E-state index contributed by atoms with van der Waals surface area (Å²) in [7, 11) is 0. The fourth-order valence-corrected chi connectivity index (χ4v) is 5.42. The molecule has 5 aromatic rings. The summed E-state index contributed by atoms with van der Waals surface area (Å²) >= 11 is 0. The SMILES string of the molecule is CCCCCCCCc1nc2c(ccc3c4ccc5oc(CCCCCCCC)nc5c4ccc32)o1. The minimum atomic E-state index is 0.861. The molecule has 5 rings (SSSR count). The molecule has 0 saturated carbocycles. The minimum absolute atomic E-state index is 0.861. The lowest BCUT2D eigenvalue weighted by Gasteiger charge is -2.04. The van der Waals surface area contributed by atoms with Gasteiger partial charge in [0.2, 0.25) is 0 Å². The van der Waals surface area contributed by atoms with Crippen LogP contribution in [-0.4, -0.2) is 9.97 Å².